The minimum Gasteiger partial charge on any atom is -0.441 e. The molecule has 5 heteroatoms. The van der Waals surface area contributed by atoms with Crippen molar-refractivity contribution in [1.29, 1.82) is 0 Å². The summed E-state index contributed by atoms with van der Waals surface area (Å²) in [5, 5.41) is 5.15. The molecule has 0 unspecified atom stereocenters. The molecule has 2 heterocycles. The summed E-state index contributed by atoms with van der Waals surface area (Å²) in [5.41, 5.74) is 3.61. The molecule has 0 radical (unpaired) electrons. The molecule has 2 aromatic carbocycles. The first-order chi connectivity index (χ1) is 11.0. The maximum Gasteiger partial charge on any atom is 0.192 e. The SMILES string of the molecule is CC(C)c1noc2ccccc12.Cc1nc2ccc(S)cc2o1. The molecule has 0 spiro atoms. The molecule has 4 rings (SSSR count). The fourth-order valence-corrected chi connectivity index (χ4v) is 2.54. The summed E-state index contributed by atoms with van der Waals surface area (Å²) in [7, 11) is 0. The first-order valence-electron chi connectivity index (χ1n) is 7.45. The van der Waals surface area contributed by atoms with Crippen LogP contribution in [0, 0.1) is 6.92 Å². The molecule has 4 aromatic rings. The van der Waals surface area contributed by atoms with Crippen LogP contribution in [0.3, 0.4) is 0 Å². The van der Waals surface area contributed by atoms with Crippen molar-refractivity contribution in [2.24, 2.45) is 0 Å². The predicted octanol–water partition coefficient (Wildman–Crippen LogP) is 5.38. The van der Waals surface area contributed by atoms with Crippen LogP contribution in [0.4, 0.5) is 0 Å². The van der Waals surface area contributed by atoms with E-state index in [2.05, 4.69) is 36.6 Å². The predicted molar refractivity (Wildman–Crippen MR) is 94.1 cm³/mol. The monoisotopic (exact) mass is 326 g/mol. The zero-order chi connectivity index (χ0) is 16.4. The Morgan fingerprint density at radius 2 is 1.83 bits per heavy atom. The van der Waals surface area contributed by atoms with Crippen molar-refractivity contribution in [3.05, 3.63) is 54.0 Å². The van der Waals surface area contributed by atoms with Crippen LogP contribution in [-0.4, -0.2) is 10.1 Å². The van der Waals surface area contributed by atoms with Crippen LogP contribution in [0.5, 0.6) is 0 Å². The Morgan fingerprint density at radius 3 is 2.61 bits per heavy atom. The smallest absolute Gasteiger partial charge is 0.192 e. The van der Waals surface area contributed by atoms with E-state index in [1.165, 1.54) is 0 Å². The molecule has 0 fully saturated rings. The Kier molecular flexibility index (Phi) is 4.39. The van der Waals surface area contributed by atoms with Gasteiger partial charge in [-0.05, 0) is 36.2 Å². The average molecular weight is 326 g/mol. The van der Waals surface area contributed by atoms with Gasteiger partial charge in [0.1, 0.15) is 5.52 Å². The van der Waals surface area contributed by atoms with Gasteiger partial charge in [0.25, 0.3) is 0 Å². The van der Waals surface area contributed by atoms with Gasteiger partial charge in [0.2, 0.25) is 0 Å². The third kappa shape index (κ3) is 3.40. The zero-order valence-corrected chi connectivity index (χ0v) is 14.2. The Labute approximate surface area is 139 Å². The lowest BCUT2D eigenvalue weighted by Crippen LogP contribution is -1.86. The van der Waals surface area contributed by atoms with Gasteiger partial charge in [0, 0.05) is 17.2 Å². The first-order valence-corrected chi connectivity index (χ1v) is 7.90. The number of rotatable bonds is 1. The number of aryl methyl sites for hydroxylation is 1. The Bertz CT molecular complexity index is 940. The van der Waals surface area contributed by atoms with Crippen molar-refractivity contribution >= 4 is 34.7 Å². The van der Waals surface area contributed by atoms with E-state index in [1.54, 1.807) is 0 Å². The molecular formula is C18H18N2O2S. The van der Waals surface area contributed by atoms with Gasteiger partial charge in [0.05, 0.1) is 5.69 Å². The summed E-state index contributed by atoms with van der Waals surface area (Å²) < 4.78 is 10.4. The van der Waals surface area contributed by atoms with Gasteiger partial charge < -0.3 is 8.94 Å². The molecule has 0 aliphatic heterocycles. The van der Waals surface area contributed by atoms with Crippen LogP contribution in [0.1, 0.15) is 31.4 Å². The normalized spacial score (nSPS) is 11.0. The third-order valence-corrected chi connectivity index (χ3v) is 3.71. The Hall–Kier alpha value is -2.27. The van der Waals surface area contributed by atoms with Crippen molar-refractivity contribution in [3.63, 3.8) is 0 Å². The number of hydrogen-bond acceptors (Lipinski definition) is 5. The molecule has 118 valence electrons. The van der Waals surface area contributed by atoms with Gasteiger partial charge in [-0.1, -0.05) is 31.1 Å². The minimum atomic E-state index is 0.425. The fourth-order valence-electron chi connectivity index (χ4n) is 2.35. The van der Waals surface area contributed by atoms with Crippen molar-refractivity contribution in [1.82, 2.24) is 10.1 Å². The van der Waals surface area contributed by atoms with E-state index in [-0.39, 0.29) is 0 Å². The molecule has 0 N–H and O–H groups in total. The van der Waals surface area contributed by atoms with E-state index in [1.807, 2.05) is 49.4 Å². The molecule has 4 nitrogen and oxygen atoms in total. The zero-order valence-electron chi connectivity index (χ0n) is 13.3. The van der Waals surface area contributed by atoms with E-state index in [0.29, 0.717) is 11.8 Å². The summed E-state index contributed by atoms with van der Waals surface area (Å²) in [6.45, 7) is 6.06. The van der Waals surface area contributed by atoms with Crippen molar-refractivity contribution in [3.8, 4) is 0 Å². The summed E-state index contributed by atoms with van der Waals surface area (Å²) in [6, 6.07) is 13.6. The van der Waals surface area contributed by atoms with Crippen molar-refractivity contribution < 1.29 is 8.94 Å². The maximum absolute atomic E-state index is 5.29. The Balaban J connectivity index is 0.000000136. The minimum absolute atomic E-state index is 0.425. The van der Waals surface area contributed by atoms with E-state index < -0.39 is 0 Å². The largest absolute Gasteiger partial charge is 0.441 e. The third-order valence-electron chi connectivity index (χ3n) is 3.43. The number of hydrogen-bond donors (Lipinski definition) is 1. The van der Waals surface area contributed by atoms with Gasteiger partial charge in [-0.2, -0.15) is 0 Å². The molecule has 0 atom stereocenters. The fraction of sp³-hybridized carbons (Fsp3) is 0.222. The lowest BCUT2D eigenvalue weighted by atomic mass is 10.1. The number of nitrogens with zero attached hydrogens (tertiary/aromatic N) is 2. The number of oxazole rings is 1. The van der Waals surface area contributed by atoms with Gasteiger partial charge in [-0.3, -0.25) is 0 Å². The quantitative estimate of drug-likeness (QED) is 0.477. The number of thiol groups is 1. The number of benzene rings is 2. The molecular weight excluding hydrogens is 308 g/mol. The standard InChI is InChI=1S/C10H11NO.C8H7NOS/c1-7(2)10-8-5-3-4-6-9(8)12-11-10;1-5-9-7-3-2-6(11)4-8(7)10-5/h3-7H,1-2H3;2-4,11H,1H3. The molecule has 0 bridgehead atoms. The van der Waals surface area contributed by atoms with Crippen molar-refractivity contribution in [2.75, 3.05) is 0 Å². The number of fused-ring (bicyclic) bond motifs is 2. The molecule has 0 saturated carbocycles. The van der Waals surface area contributed by atoms with Gasteiger partial charge in [-0.25, -0.2) is 4.98 Å². The Morgan fingerprint density at radius 1 is 1.04 bits per heavy atom. The van der Waals surface area contributed by atoms with Crippen LogP contribution < -0.4 is 0 Å². The molecule has 23 heavy (non-hydrogen) atoms. The summed E-state index contributed by atoms with van der Waals surface area (Å²) in [4.78, 5) is 5.05. The highest BCUT2D eigenvalue weighted by molar-refractivity contribution is 7.80. The second-order valence-corrected chi connectivity index (χ2v) is 6.12. The highest BCUT2D eigenvalue weighted by Gasteiger charge is 2.09. The summed E-state index contributed by atoms with van der Waals surface area (Å²) in [6.07, 6.45) is 0. The summed E-state index contributed by atoms with van der Waals surface area (Å²) in [5.74, 6) is 1.12. The van der Waals surface area contributed by atoms with Crippen LogP contribution in [0.15, 0.2) is 56.3 Å². The van der Waals surface area contributed by atoms with Crippen LogP contribution >= 0.6 is 12.6 Å². The van der Waals surface area contributed by atoms with Gasteiger partial charge in [-0.15, -0.1) is 12.6 Å². The second-order valence-electron chi connectivity index (χ2n) is 5.60. The van der Waals surface area contributed by atoms with Crippen LogP contribution in [-0.2, 0) is 0 Å². The summed E-state index contributed by atoms with van der Waals surface area (Å²) >= 11 is 4.18. The lowest BCUT2D eigenvalue weighted by molar-refractivity contribution is 0.441. The van der Waals surface area contributed by atoms with Crippen molar-refractivity contribution in [2.45, 2.75) is 31.6 Å². The molecule has 2 aromatic heterocycles. The average Bonchev–Trinajstić information content (AvgIpc) is 3.09. The van der Waals surface area contributed by atoms with Crippen LogP contribution in [0.25, 0.3) is 22.1 Å². The van der Waals surface area contributed by atoms with E-state index in [4.69, 9.17) is 8.94 Å². The van der Waals surface area contributed by atoms with E-state index in [0.717, 1.165) is 32.7 Å². The highest BCUT2D eigenvalue weighted by Crippen LogP contribution is 2.23. The number of para-hydroxylation sites is 1. The maximum atomic E-state index is 5.29. The second kappa shape index (κ2) is 6.46. The van der Waals surface area contributed by atoms with Crippen LogP contribution in [0.2, 0.25) is 0 Å². The molecule has 0 amide bonds. The van der Waals surface area contributed by atoms with E-state index >= 15 is 0 Å². The van der Waals surface area contributed by atoms with Gasteiger partial charge >= 0.3 is 0 Å². The molecule has 0 saturated heterocycles. The van der Waals surface area contributed by atoms with Gasteiger partial charge in [0.15, 0.2) is 17.1 Å². The lowest BCUT2D eigenvalue weighted by Gasteiger charge is -1.96. The number of aromatic nitrogens is 2. The first kappa shape index (κ1) is 15.6. The molecule has 0 aliphatic rings. The highest BCUT2D eigenvalue weighted by atomic mass is 32.1. The topological polar surface area (TPSA) is 52.1 Å². The van der Waals surface area contributed by atoms with E-state index in [9.17, 15) is 0 Å². The molecule has 0 aliphatic carbocycles.